The smallest absolute Gasteiger partial charge is 0.225 e. The Hall–Kier alpha value is -2.53. The number of aryl methyl sites for hydroxylation is 3. The zero-order valence-electron chi connectivity index (χ0n) is 20.0. The SMILES string of the molecule is Cc1cc(OCCCCn2c(C(C)NC(=O)C(C)(C)C)nc3ccccc32)cc(C)c1Cl. The van der Waals surface area contributed by atoms with Gasteiger partial charge in [0.2, 0.25) is 5.91 Å². The van der Waals surface area contributed by atoms with Crippen LogP contribution in [0.3, 0.4) is 0 Å². The first-order valence-electron chi connectivity index (χ1n) is 11.2. The molecule has 1 heterocycles. The first-order chi connectivity index (χ1) is 15.1. The number of aromatic nitrogens is 2. The standard InChI is InChI=1S/C26H34ClN3O2/c1-17-15-20(16-18(2)23(17)27)32-14-10-9-13-30-22-12-8-7-11-21(22)29-24(30)19(3)28-25(31)26(4,5)6/h7-8,11-12,15-16,19H,9-10,13-14H2,1-6H3,(H,28,31). The van der Waals surface area contributed by atoms with Crippen molar-refractivity contribution in [3.63, 3.8) is 0 Å². The maximum Gasteiger partial charge on any atom is 0.225 e. The van der Waals surface area contributed by atoms with Gasteiger partial charge in [-0.05, 0) is 69.0 Å². The molecule has 0 fully saturated rings. The molecular weight excluding hydrogens is 422 g/mol. The molecule has 0 aliphatic carbocycles. The summed E-state index contributed by atoms with van der Waals surface area (Å²) in [5.74, 6) is 1.76. The average molecular weight is 456 g/mol. The summed E-state index contributed by atoms with van der Waals surface area (Å²) in [6.45, 7) is 13.2. The van der Waals surface area contributed by atoms with E-state index in [-0.39, 0.29) is 11.9 Å². The van der Waals surface area contributed by atoms with Gasteiger partial charge in [0.15, 0.2) is 0 Å². The van der Waals surface area contributed by atoms with Crippen LogP contribution in [0.15, 0.2) is 36.4 Å². The van der Waals surface area contributed by atoms with Crippen molar-refractivity contribution in [3.05, 3.63) is 58.4 Å². The number of nitrogens with one attached hydrogen (secondary N) is 1. The maximum absolute atomic E-state index is 12.5. The minimum Gasteiger partial charge on any atom is -0.494 e. The predicted octanol–water partition coefficient (Wildman–Crippen LogP) is 6.39. The van der Waals surface area contributed by atoms with Gasteiger partial charge in [0.1, 0.15) is 11.6 Å². The normalized spacial score (nSPS) is 12.7. The fourth-order valence-corrected chi connectivity index (χ4v) is 3.80. The lowest BCUT2D eigenvalue weighted by Gasteiger charge is -2.22. The fourth-order valence-electron chi connectivity index (χ4n) is 3.69. The van der Waals surface area contributed by atoms with E-state index < -0.39 is 5.41 Å². The van der Waals surface area contributed by atoms with Crippen molar-refractivity contribution in [2.45, 2.75) is 67.0 Å². The number of carbonyl (C=O) groups is 1. The Balaban J connectivity index is 1.66. The van der Waals surface area contributed by atoms with Crippen LogP contribution in [0, 0.1) is 19.3 Å². The largest absolute Gasteiger partial charge is 0.494 e. The van der Waals surface area contributed by atoms with E-state index in [1.807, 2.05) is 71.9 Å². The van der Waals surface area contributed by atoms with Crippen LogP contribution in [-0.4, -0.2) is 22.1 Å². The topological polar surface area (TPSA) is 56.1 Å². The highest BCUT2D eigenvalue weighted by Gasteiger charge is 2.25. The van der Waals surface area contributed by atoms with Crippen molar-refractivity contribution in [2.24, 2.45) is 5.41 Å². The Labute approximate surface area is 196 Å². The van der Waals surface area contributed by atoms with Crippen molar-refractivity contribution in [1.29, 1.82) is 0 Å². The van der Waals surface area contributed by atoms with Crippen LogP contribution in [-0.2, 0) is 11.3 Å². The molecular formula is C26H34ClN3O2. The molecule has 0 spiro atoms. The molecule has 1 aromatic heterocycles. The number of hydrogen-bond acceptors (Lipinski definition) is 3. The summed E-state index contributed by atoms with van der Waals surface area (Å²) < 4.78 is 8.18. The van der Waals surface area contributed by atoms with E-state index in [0.717, 1.165) is 58.1 Å². The summed E-state index contributed by atoms with van der Waals surface area (Å²) >= 11 is 6.24. The molecule has 1 N–H and O–H groups in total. The number of benzene rings is 2. The van der Waals surface area contributed by atoms with Gasteiger partial charge in [0, 0.05) is 17.0 Å². The lowest BCUT2D eigenvalue weighted by atomic mass is 9.95. The second-order valence-electron chi connectivity index (χ2n) is 9.48. The van der Waals surface area contributed by atoms with Gasteiger partial charge < -0.3 is 14.6 Å². The van der Waals surface area contributed by atoms with Crippen molar-refractivity contribution in [3.8, 4) is 5.75 Å². The zero-order valence-corrected chi connectivity index (χ0v) is 20.7. The van der Waals surface area contributed by atoms with Gasteiger partial charge in [-0.25, -0.2) is 4.98 Å². The number of nitrogens with zero attached hydrogens (tertiary/aromatic N) is 2. The third kappa shape index (κ3) is 5.63. The van der Waals surface area contributed by atoms with E-state index in [2.05, 4.69) is 16.0 Å². The number of rotatable bonds is 8. The Morgan fingerprint density at radius 3 is 2.47 bits per heavy atom. The molecule has 2 aromatic carbocycles. The molecule has 3 rings (SSSR count). The third-order valence-electron chi connectivity index (χ3n) is 5.55. The highest BCUT2D eigenvalue weighted by molar-refractivity contribution is 6.32. The van der Waals surface area contributed by atoms with Crippen molar-refractivity contribution < 1.29 is 9.53 Å². The number of ether oxygens (including phenoxy) is 1. The van der Waals surface area contributed by atoms with Crippen LogP contribution in [0.4, 0.5) is 0 Å². The monoisotopic (exact) mass is 455 g/mol. The summed E-state index contributed by atoms with van der Waals surface area (Å²) in [6, 6.07) is 11.9. The molecule has 0 bridgehead atoms. The lowest BCUT2D eigenvalue weighted by molar-refractivity contribution is -0.129. The van der Waals surface area contributed by atoms with Crippen LogP contribution in [0.1, 0.15) is 63.5 Å². The Kier molecular flexibility index (Phi) is 7.50. The second-order valence-corrected chi connectivity index (χ2v) is 9.86. The van der Waals surface area contributed by atoms with E-state index in [4.69, 9.17) is 21.3 Å². The number of para-hydroxylation sites is 2. The van der Waals surface area contributed by atoms with Crippen LogP contribution >= 0.6 is 11.6 Å². The van der Waals surface area contributed by atoms with Gasteiger partial charge in [0.25, 0.3) is 0 Å². The first kappa shape index (κ1) is 24.1. The molecule has 0 radical (unpaired) electrons. The molecule has 1 unspecified atom stereocenters. The summed E-state index contributed by atoms with van der Waals surface area (Å²) in [4.78, 5) is 17.3. The molecule has 0 aliphatic rings. The number of imidazole rings is 1. The number of carbonyl (C=O) groups excluding carboxylic acids is 1. The number of halogens is 1. The number of hydrogen-bond donors (Lipinski definition) is 1. The quantitative estimate of drug-likeness (QED) is 0.400. The van der Waals surface area contributed by atoms with Gasteiger partial charge >= 0.3 is 0 Å². The highest BCUT2D eigenvalue weighted by atomic mass is 35.5. The van der Waals surface area contributed by atoms with E-state index in [1.54, 1.807) is 0 Å². The minimum atomic E-state index is -0.444. The number of unbranched alkanes of at least 4 members (excludes halogenated alkanes) is 1. The van der Waals surface area contributed by atoms with E-state index in [0.29, 0.717) is 6.61 Å². The summed E-state index contributed by atoms with van der Waals surface area (Å²) in [6.07, 6.45) is 1.86. The van der Waals surface area contributed by atoms with Gasteiger partial charge in [-0.15, -0.1) is 0 Å². The predicted molar refractivity (Wildman–Crippen MR) is 131 cm³/mol. The third-order valence-corrected chi connectivity index (χ3v) is 6.15. The molecule has 32 heavy (non-hydrogen) atoms. The Bertz CT molecular complexity index is 1080. The zero-order chi connectivity index (χ0) is 23.5. The summed E-state index contributed by atoms with van der Waals surface area (Å²) in [5.41, 5.74) is 3.65. The molecule has 1 amide bonds. The van der Waals surface area contributed by atoms with Crippen LogP contribution < -0.4 is 10.1 Å². The molecule has 6 heteroatoms. The molecule has 0 aliphatic heterocycles. The van der Waals surface area contributed by atoms with Gasteiger partial charge in [-0.1, -0.05) is 44.5 Å². The average Bonchev–Trinajstić information content (AvgIpc) is 3.09. The van der Waals surface area contributed by atoms with Gasteiger partial charge in [0.05, 0.1) is 23.7 Å². The first-order valence-corrected chi connectivity index (χ1v) is 11.6. The van der Waals surface area contributed by atoms with Crippen LogP contribution in [0.25, 0.3) is 11.0 Å². The van der Waals surface area contributed by atoms with Crippen molar-refractivity contribution >= 4 is 28.5 Å². The highest BCUT2D eigenvalue weighted by Crippen LogP contribution is 2.26. The van der Waals surface area contributed by atoms with E-state index >= 15 is 0 Å². The molecule has 1 atom stereocenters. The van der Waals surface area contributed by atoms with Crippen molar-refractivity contribution in [2.75, 3.05) is 6.61 Å². The molecule has 172 valence electrons. The van der Waals surface area contributed by atoms with Gasteiger partial charge in [-0.3, -0.25) is 4.79 Å². The molecule has 0 saturated carbocycles. The molecule has 0 saturated heterocycles. The summed E-state index contributed by atoms with van der Waals surface area (Å²) in [5, 5.41) is 3.91. The fraction of sp³-hybridized carbons (Fsp3) is 0.462. The lowest BCUT2D eigenvalue weighted by Crippen LogP contribution is -2.37. The van der Waals surface area contributed by atoms with E-state index in [1.165, 1.54) is 0 Å². The maximum atomic E-state index is 12.5. The Morgan fingerprint density at radius 1 is 1.16 bits per heavy atom. The minimum absolute atomic E-state index is 0.0190. The number of fused-ring (bicyclic) bond motifs is 1. The second kappa shape index (κ2) is 9.95. The number of amides is 1. The van der Waals surface area contributed by atoms with E-state index in [9.17, 15) is 4.79 Å². The van der Waals surface area contributed by atoms with Crippen LogP contribution in [0.2, 0.25) is 5.02 Å². The molecule has 5 nitrogen and oxygen atoms in total. The molecule has 3 aromatic rings. The van der Waals surface area contributed by atoms with Gasteiger partial charge in [-0.2, -0.15) is 0 Å². The Morgan fingerprint density at radius 2 is 1.81 bits per heavy atom. The van der Waals surface area contributed by atoms with Crippen LogP contribution in [0.5, 0.6) is 5.75 Å². The van der Waals surface area contributed by atoms with Crippen molar-refractivity contribution in [1.82, 2.24) is 14.9 Å². The summed E-state index contributed by atoms with van der Waals surface area (Å²) in [7, 11) is 0.